The SMILES string of the molecule is CCCCCCCCC(=O)Nc1ccc([N+](=O)[O-])cc1Cl. The largest absolute Gasteiger partial charge is 0.325 e. The fourth-order valence-corrected chi connectivity index (χ4v) is 2.22. The summed E-state index contributed by atoms with van der Waals surface area (Å²) >= 11 is 5.92. The predicted molar refractivity (Wildman–Crippen MR) is 84.7 cm³/mol. The lowest BCUT2D eigenvalue weighted by Gasteiger charge is -2.07. The molecule has 0 bridgehead atoms. The van der Waals surface area contributed by atoms with Crippen molar-refractivity contribution in [2.75, 3.05) is 5.32 Å². The first-order valence-corrected chi connectivity index (χ1v) is 7.66. The van der Waals surface area contributed by atoms with Crippen LogP contribution in [0.1, 0.15) is 51.9 Å². The van der Waals surface area contributed by atoms with E-state index in [1.807, 2.05) is 0 Å². The average molecular weight is 313 g/mol. The molecule has 0 aliphatic carbocycles. The second-order valence-corrected chi connectivity index (χ2v) is 5.39. The first-order valence-electron chi connectivity index (χ1n) is 7.28. The standard InChI is InChI=1S/C15H21ClN2O3/c1-2-3-4-5-6-7-8-15(19)17-14-10-9-12(18(20)21)11-13(14)16/h9-11H,2-8H2,1H3,(H,17,19). The maximum atomic E-state index is 11.8. The van der Waals surface area contributed by atoms with Crippen LogP contribution in [0.15, 0.2) is 18.2 Å². The fourth-order valence-electron chi connectivity index (χ4n) is 2.00. The summed E-state index contributed by atoms with van der Waals surface area (Å²) in [6, 6.07) is 4.02. The van der Waals surface area contributed by atoms with Gasteiger partial charge in [-0.1, -0.05) is 50.6 Å². The number of nitro benzene ring substituents is 1. The molecule has 0 heterocycles. The van der Waals surface area contributed by atoms with E-state index in [0.717, 1.165) is 19.3 Å². The van der Waals surface area contributed by atoms with Gasteiger partial charge in [-0.05, 0) is 12.5 Å². The number of nitro groups is 1. The quantitative estimate of drug-likeness (QED) is 0.399. The lowest BCUT2D eigenvalue weighted by atomic mass is 10.1. The Morgan fingerprint density at radius 3 is 2.52 bits per heavy atom. The second-order valence-electron chi connectivity index (χ2n) is 4.99. The van der Waals surface area contributed by atoms with Crippen LogP contribution in [0.4, 0.5) is 11.4 Å². The highest BCUT2D eigenvalue weighted by molar-refractivity contribution is 6.33. The first-order chi connectivity index (χ1) is 10.0. The van der Waals surface area contributed by atoms with E-state index in [2.05, 4.69) is 12.2 Å². The van der Waals surface area contributed by atoms with Crippen molar-refractivity contribution in [1.29, 1.82) is 0 Å². The third kappa shape index (κ3) is 6.58. The van der Waals surface area contributed by atoms with Gasteiger partial charge in [0.05, 0.1) is 15.6 Å². The maximum absolute atomic E-state index is 11.8. The molecule has 1 aromatic carbocycles. The number of amides is 1. The Morgan fingerprint density at radius 2 is 1.90 bits per heavy atom. The second kappa shape index (κ2) is 9.34. The predicted octanol–water partition coefficient (Wildman–Crippen LogP) is 4.94. The van der Waals surface area contributed by atoms with Crippen LogP contribution in [-0.4, -0.2) is 10.8 Å². The van der Waals surface area contributed by atoms with E-state index in [1.165, 1.54) is 37.5 Å². The summed E-state index contributed by atoms with van der Waals surface area (Å²) in [5.74, 6) is -0.110. The highest BCUT2D eigenvalue weighted by Gasteiger charge is 2.11. The molecular formula is C15H21ClN2O3. The molecular weight excluding hydrogens is 292 g/mol. The Kier molecular flexibility index (Phi) is 7.75. The number of carbonyl (C=O) groups excluding carboxylic acids is 1. The maximum Gasteiger partial charge on any atom is 0.271 e. The van der Waals surface area contributed by atoms with E-state index >= 15 is 0 Å². The van der Waals surface area contributed by atoms with Gasteiger partial charge in [0.2, 0.25) is 5.91 Å². The molecule has 0 atom stereocenters. The molecule has 0 unspecified atom stereocenters. The number of anilines is 1. The average Bonchev–Trinajstić information content (AvgIpc) is 2.44. The molecule has 0 spiro atoms. The minimum atomic E-state index is -0.520. The van der Waals surface area contributed by atoms with E-state index in [4.69, 9.17) is 11.6 Å². The van der Waals surface area contributed by atoms with Gasteiger partial charge in [-0.2, -0.15) is 0 Å². The number of hydrogen-bond acceptors (Lipinski definition) is 3. The molecule has 0 saturated carbocycles. The molecule has 1 N–H and O–H groups in total. The van der Waals surface area contributed by atoms with E-state index in [-0.39, 0.29) is 16.6 Å². The third-order valence-corrected chi connectivity index (χ3v) is 3.51. The highest BCUT2D eigenvalue weighted by Crippen LogP contribution is 2.26. The zero-order chi connectivity index (χ0) is 15.7. The third-order valence-electron chi connectivity index (χ3n) is 3.19. The van der Waals surface area contributed by atoms with Crippen molar-refractivity contribution in [1.82, 2.24) is 0 Å². The smallest absolute Gasteiger partial charge is 0.271 e. The fraction of sp³-hybridized carbons (Fsp3) is 0.533. The molecule has 0 aliphatic rings. The van der Waals surface area contributed by atoms with Gasteiger partial charge < -0.3 is 5.32 Å². The zero-order valence-corrected chi connectivity index (χ0v) is 13.0. The molecule has 21 heavy (non-hydrogen) atoms. The van der Waals surface area contributed by atoms with Crippen LogP contribution in [0.3, 0.4) is 0 Å². The van der Waals surface area contributed by atoms with Crippen LogP contribution in [0.5, 0.6) is 0 Å². The molecule has 0 radical (unpaired) electrons. The van der Waals surface area contributed by atoms with Gasteiger partial charge in [-0.15, -0.1) is 0 Å². The van der Waals surface area contributed by atoms with Crippen molar-refractivity contribution in [2.45, 2.75) is 51.9 Å². The molecule has 0 saturated heterocycles. The normalized spacial score (nSPS) is 10.4. The number of benzene rings is 1. The van der Waals surface area contributed by atoms with Crippen LogP contribution in [-0.2, 0) is 4.79 Å². The Bertz CT molecular complexity index is 492. The number of nitrogens with one attached hydrogen (secondary N) is 1. The molecule has 1 aromatic rings. The van der Waals surface area contributed by atoms with Crippen LogP contribution < -0.4 is 5.32 Å². The molecule has 0 fully saturated rings. The number of carbonyl (C=O) groups is 1. The van der Waals surface area contributed by atoms with Gasteiger partial charge in [0.1, 0.15) is 0 Å². The molecule has 1 rings (SSSR count). The number of halogens is 1. The van der Waals surface area contributed by atoms with E-state index in [1.54, 1.807) is 0 Å². The molecule has 6 heteroatoms. The minimum absolute atomic E-state index is 0.0890. The van der Waals surface area contributed by atoms with E-state index < -0.39 is 4.92 Å². The van der Waals surface area contributed by atoms with Gasteiger partial charge in [-0.3, -0.25) is 14.9 Å². The number of non-ortho nitro benzene ring substituents is 1. The van der Waals surface area contributed by atoms with Crippen LogP contribution in [0, 0.1) is 10.1 Å². The Morgan fingerprint density at radius 1 is 1.24 bits per heavy atom. The van der Waals surface area contributed by atoms with Crippen LogP contribution >= 0.6 is 11.6 Å². The van der Waals surface area contributed by atoms with Crippen LogP contribution in [0.2, 0.25) is 5.02 Å². The van der Waals surface area contributed by atoms with E-state index in [9.17, 15) is 14.9 Å². The van der Waals surface area contributed by atoms with Crippen LogP contribution in [0.25, 0.3) is 0 Å². The van der Waals surface area contributed by atoms with Crippen molar-refractivity contribution in [2.24, 2.45) is 0 Å². The Balaban J connectivity index is 2.36. The summed E-state index contributed by atoms with van der Waals surface area (Å²) in [6.45, 7) is 2.17. The summed E-state index contributed by atoms with van der Waals surface area (Å²) in [5, 5.41) is 13.5. The topological polar surface area (TPSA) is 72.2 Å². The summed E-state index contributed by atoms with van der Waals surface area (Å²) < 4.78 is 0. The molecule has 1 amide bonds. The van der Waals surface area contributed by atoms with Gasteiger partial charge in [-0.25, -0.2) is 0 Å². The zero-order valence-electron chi connectivity index (χ0n) is 12.2. The monoisotopic (exact) mass is 312 g/mol. The van der Waals surface area contributed by atoms with Crippen molar-refractivity contribution in [3.05, 3.63) is 33.3 Å². The number of unbranched alkanes of at least 4 members (excludes halogenated alkanes) is 5. The van der Waals surface area contributed by atoms with Crippen molar-refractivity contribution >= 4 is 28.9 Å². The molecule has 116 valence electrons. The summed E-state index contributed by atoms with van der Waals surface area (Å²) in [6.07, 6.45) is 7.15. The van der Waals surface area contributed by atoms with Gasteiger partial charge in [0, 0.05) is 18.6 Å². The Hall–Kier alpha value is -1.62. The van der Waals surface area contributed by atoms with Crippen molar-refractivity contribution in [3.8, 4) is 0 Å². The number of nitrogens with zero attached hydrogens (tertiary/aromatic N) is 1. The molecule has 5 nitrogen and oxygen atoms in total. The number of hydrogen-bond donors (Lipinski definition) is 1. The van der Waals surface area contributed by atoms with E-state index in [0.29, 0.717) is 12.1 Å². The van der Waals surface area contributed by atoms with Crippen molar-refractivity contribution < 1.29 is 9.72 Å². The summed E-state index contributed by atoms with van der Waals surface area (Å²) in [4.78, 5) is 21.8. The first kappa shape index (κ1) is 17.4. The molecule has 0 aliphatic heterocycles. The minimum Gasteiger partial charge on any atom is -0.325 e. The van der Waals surface area contributed by atoms with Gasteiger partial charge >= 0.3 is 0 Å². The van der Waals surface area contributed by atoms with Gasteiger partial charge in [0.15, 0.2) is 0 Å². The highest BCUT2D eigenvalue weighted by atomic mass is 35.5. The summed E-state index contributed by atoms with van der Waals surface area (Å²) in [5.41, 5.74) is 0.326. The lowest BCUT2D eigenvalue weighted by Crippen LogP contribution is -2.11. The lowest BCUT2D eigenvalue weighted by molar-refractivity contribution is -0.384. The number of rotatable bonds is 9. The Labute approximate surface area is 129 Å². The van der Waals surface area contributed by atoms with Crippen molar-refractivity contribution in [3.63, 3.8) is 0 Å². The van der Waals surface area contributed by atoms with Gasteiger partial charge in [0.25, 0.3) is 5.69 Å². The molecule has 0 aromatic heterocycles. The summed E-state index contributed by atoms with van der Waals surface area (Å²) in [7, 11) is 0.